The number of amides is 2. The number of carbonyl (C=O) groups excluding carboxylic acids is 2. The van der Waals surface area contributed by atoms with Gasteiger partial charge in [0.2, 0.25) is 0 Å². The molecule has 2 heterocycles. The van der Waals surface area contributed by atoms with Crippen LogP contribution in [-0.4, -0.2) is 16.8 Å². The number of nitrogens with one attached hydrogen (secondary N) is 3. The molecule has 6 heteroatoms. The molecule has 0 unspecified atom stereocenters. The van der Waals surface area contributed by atoms with Gasteiger partial charge in [0.05, 0.1) is 11.3 Å². The topological polar surface area (TPSA) is 85.2 Å². The summed E-state index contributed by atoms with van der Waals surface area (Å²) in [4.78, 5) is 33.6. The molecule has 0 aliphatic carbocycles. The second-order valence-corrected chi connectivity index (χ2v) is 7.41. The molecular weight excluding hydrogens is 400 g/mol. The Balaban J connectivity index is 1.68. The normalized spacial score (nSPS) is 10.4. The molecule has 0 aliphatic rings. The van der Waals surface area contributed by atoms with Gasteiger partial charge in [0.25, 0.3) is 11.7 Å². The van der Waals surface area contributed by atoms with E-state index >= 15 is 0 Å². The van der Waals surface area contributed by atoms with E-state index in [1.807, 2.05) is 62.4 Å². The Morgan fingerprint density at radius 1 is 0.688 bits per heavy atom. The summed E-state index contributed by atoms with van der Waals surface area (Å²) in [6, 6.07) is 25.5. The molecule has 0 spiro atoms. The summed E-state index contributed by atoms with van der Waals surface area (Å²) in [7, 11) is 0. The van der Waals surface area contributed by atoms with E-state index in [9.17, 15) is 9.59 Å². The third kappa shape index (κ3) is 4.70. The van der Waals surface area contributed by atoms with E-state index in [1.54, 1.807) is 36.4 Å². The highest BCUT2D eigenvalue weighted by atomic mass is 16.2. The number of carbonyl (C=O) groups is 2. The Morgan fingerprint density at radius 3 is 1.91 bits per heavy atom. The first-order chi connectivity index (χ1) is 15.5. The molecule has 4 aromatic rings. The van der Waals surface area contributed by atoms with Gasteiger partial charge in [0, 0.05) is 17.3 Å². The van der Waals surface area contributed by atoms with Crippen LogP contribution in [0.5, 0.6) is 0 Å². The third-order valence-corrected chi connectivity index (χ3v) is 4.95. The number of benzene rings is 2. The van der Waals surface area contributed by atoms with E-state index in [0.717, 1.165) is 11.4 Å². The minimum atomic E-state index is -0.291. The molecule has 0 aliphatic heterocycles. The predicted molar refractivity (Wildman–Crippen MR) is 124 cm³/mol. The SMILES string of the molecule is Cc1cccc(NC(=O)c2ccccc2-c2ccccc2C(=O)Nc2cccc(C)[nH+]2)n1. The molecule has 0 saturated heterocycles. The number of pyridine rings is 2. The highest BCUT2D eigenvalue weighted by Crippen LogP contribution is 2.28. The second-order valence-electron chi connectivity index (χ2n) is 7.41. The van der Waals surface area contributed by atoms with E-state index < -0.39 is 0 Å². The summed E-state index contributed by atoms with van der Waals surface area (Å²) in [6.45, 7) is 3.78. The summed E-state index contributed by atoms with van der Waals surface area (Å²) >= 11 is 0. The molecule has 32 heavy (non-hydrogen) atoms. The summed E-state index contributed by atoms with van der Waals surface area (Å²) in [5.41, 5.74) is 4.00. The molecule has 2 aromatic carbocycles. The number of H-pyrrole nitrogens is 1. The van der Waals surface area contributed by atoms with E-state index in [0.29, 0.717) is 33.9 Å². The minimum Gasteiger partial charge on any atom is -0.307 e. The molecule has 0 radical (unpaired) electrons. The van der Waals surface area contributed by atoms with Crippen LogP contribution in [-0.2, 0) is 0 Å². The zero-order valence-electron chi connectivity index (χ0n) is 17.8. The maximum absolute atomic E-state index is 13.1. The Morgan fingerprint density at radius 2 is 1.28 bits per heavy atom. The van der Waals surface area contributed by atoms with Crippen LogP contribution in [0.2, 0.25) is 0 Å². The highest BCUT2D eigenvalue weighted by molar-refractivity contribution is 6.12. The molecule has 2 amide bonds. The van der Waals surface area contributed by atoms with Gasteiger partial charge in [-0.2, -0.15) is 0 Å². The predicted octanol–water partition coefficient (Wildman–Crippen LogP) is 4.68. The quantitative estimate of drug-likeness (QED) is 0.489. The molecule has 158 valence electrons. The number of rotatable bonds is 5. The maximum atomic E-state index is 13.1. The van der Waals surface area contributed by atoms with Gasteiger partial charge in [-0.05, 0) is 55.3 Å². The summed E-state index contributed by atoms with van der Waals surface area (Å²) < 4.78 is 0. The number of anilines is 2. The number of aromatic amines is 1. The van der Waals surface area contributed by atoms with Gasteiger partial charge in [0.15, 0.2) is 0 Å². The van der Waals surface area contributed by atoms with Gasteiger partial charge >= 0.3 is 5.91 Å². The first-order valence-electron chi connectivity index (χ1n) is 10.2. The fraction of sp³-hybridized carbons (Fsp3) is 0.0769. The van der Waals surface area contributed by atoms with Crippen molar-refractivity contribution in [2.45, 2.75) is 13.8 Å². The molecular formula is C26H23N4O2+. The van der Waals surface area contributed by atoms with Gasteiger partial charge in [-0.25, -0.2) is 20.1 Å². The van der Waals surface area contributed by atoms with E-state index in [4.69, 9.17) is 0 Å². The number of hydrogen-bond donors (Lipinski definition) is 2. The fourth-order valence-electron chi connectivity index (χ4n) is 3.48. The lowest BCUT2D eigenvalue weighted by atomic mass is 9.94. The van der Waals surface area contributed by atoms with Crippen molar-refractivity contribution in [1.82, 2.24) is 4.98 Å². The van der Waals surface area contributed by atoms with Crippen LogP contribution in [0.3, 0.4) is 0 Å². The van der Waals surface area contributed by atoms with Crippen LogP contribution >= 0.6 is 0 Å². The molecule has 4 rings (SSSR count). The van der Waals surface area contributed by atoms with Crippen LogP contribution in [0.15, 0.2) is 84.9 Å². The minimum absolute atomic E-state index is 0.266. The Labute approximate surface area is 186 Å². The smallest absolute Gasteiger partial charge is 0.307 e. The first-order valence-corrected chi connectivity index (χ1v) is 10.2. The number of aromatic nitrogens is 2. The number of hydrogen-bond acceptors (Lipinski definition) is 3. The lowest BCUT2D eigenvalue weighted by molar-refractivity contribution is -0.370. The third-order valence-electron chi connectivity index (χ3n) is 4.95. The van der Waals surface area contributed by atoms with Gasteiger partial charge in [-0.1, -0.05) is 48.5 Å². The molecule has 2 aromatic heterocycles. The van der Waals surface area contributed by atoms with E-state index in [1.165, 1.54) is 0 Å². The van der Waals surface area contributed by atoms with E-state index in [2.05, 4.69) is 20.6 Å². The second kappa shape index (κ2) is 9.22. The molecule has 3 N–H and O–H groups in total. The van der Waals surface area contributed by atoms with Gasteiger partial charge in [-0.3, -0.25) is 4.79 Å². The van der Waals surface area contributed by atoms with Crippen molar-refractivity contribution in [2.75, 3.05) is 10.6 Å². The average molecular weight is 423 g/mol. The van der Waals surface area contributed by atoms with Gasteiger partial charge < -0.3 is 5.32 Å². The Kier molecular flexibility index (Phi) is 6.03. The van der Waals surface area contributed by atoms with Crippen molar-refractivity contribution < 1.29 is 14.6 Å². The van der Waals surface area contributed by atoms with Crippen molar-refractivity contribution in [1.29, 1.82) is 0 Å². The van der Waals surface area contributed by atoms with Gasteiger partial charge in [-0.15, -0.1) is 0 Å². The zero-order valence-corrected chi connectivity index (χ0v) is 17.8. The molecule has 0 bridgehead atoms. The summed E-state index contributed by atoms with van der Waals surface area (Å²) in [5, 5.41) is 5.75. The van der Waals surface area contributed by atoms with Crippen LogP contribution < -0.4 is 15.6 Å². The highest BCUT2D eigenvalue weighted by Gasteiger charge is 2.21. The monoisotopic (exact) mass is 423 g/mol. The van der Waals surface area contributed by atoms with E-state index in [-0.39, 0.29) is 11.8 Å². The van der Waals surface area contributed by atoms with Crippen LogP contribution in [0.4, 0.5) is 11.6 Å². The average Bonchev–Trinajstić information content (AvgIpc) is 2.79. The van der Waals surface area contributed by atoms with Crippen LogP contribution in [0.25, 0.3) is 11.1 Å². The van der Waals surface area contributed by atoms with Crippen molar-refractivity contribution in [3.63, 3.8) is 0 Å². The summed E-state index contributed by atoms with van der Waals surface area (Å²) in [5.74, 6) is 0.520. The van der Waals surface area contributed by atoms with Crippen LogP contribution in [0, 0.1) is 13.8 Å². The lowest BCUT2D eigenvalue weighted by Crippen LogP contribution is -2.21. The summed E-state index contributed by atoms with van der Waals surface area (Å²) in [6.07, 6.45) is 0. The first kappa shape index (κ1) is 20.9. The van der Waals surface area contributed by atoms with Crippen molar-refractivity contribution in [3.05, 3.63) is 107 Å². The Hall–Kier alpha value is -4.32. The fourth-order valence-corrected chi connectivity index (χ4v) is 3.48. The zero-order chi connectivity index (χ0) is 22.5. The maximum Gasteiger partial charge on any atom is 0.339 e. The molecule has 0 saturated carbocycles. The van der Waals surface area contributed by atoms with Crippen molar-refractivity contribution >= 4 is 23.5 Å². The standard InChI is InChI=1S/C26H22N4O2/c1-17-9-7-15-23(27-17)29-25(31)21-13-5-3-11-19(21)20-12-4-6-14-22(20)26(32)30-24-16-8-10-18(2)28-24/h3-16H,1-2H3,(H,27,29,31)(H,28,30,32)/p+1. The molecule has 0 atom stereocenters. The molecule has 0 fully saturated rings. The Bertz CT molecular complexity index is 1200. The largest absolute Gasteiger partial charge is 0.339 e. The van der Waals surface area contributed by atoms with Crippen molar-refractivity contribution in [3.8, 4) is 11.1 Å². The molecule has 6 nitrogen and oxygen atoms in total. The van der Waals surface area contributed by atoms with Gasteiger partial charge in [0.1, 0.15) is 5.82 Å². The number of nitrogens with zero attached hydrogens (tertiary/aromatic N) is 1. The lowest BCUT2D eigenvalue weighted by Gasteiger charge is -2.13. The van der Waals surface area contributed by atoms with Crippen molar-refractivity contribution in [2.24, 2.45) is 0 Å². The number of aryl methyl sites for hydroxylation is 2. The van der Waals surface area contributed by atoms with Crippen LogP contribution in [0.1, 0.15) is 32.1 Å².